The molecule has 1 aromatic rings. The molecule has 2 atom stereocenters. The number of nitrogens with one attached hydrogen (secondary N) is 3. The van der Waals surface area contributed by atoms with Gasteiger partial charge in [-0.3, -0.25) is 28.9 Å². The Bertz CT molecular complexity index is 1290. The Morgan fingerprint density at radius 3 is 2.18 bits per heavy atom. The van der Waals surface area contributed by atoms with Crippen LogP contribution in [0.3, 0.4) is 0 Å². The number of hydrogen-bond acceptors (Lipinski definition) is 9. The zero-order valence-corrected chi connectivity index (χ0v) is 28.8. The van der Waals surface area contributed by atoms with E-state index < -0.39 is 30.0 Å². The minimum atomic E-state index is -0.854. The van der Waals surface area contributed by atoms with Gasteiger partial charge in [0.25, 0.3) is 11.8 Å². The van der Waals surface area contributed by atoms with Crippen LogP contribution in [0.2, 0.25) is 0 Å². The number of benzene rings is 1. The van der Waals surface area contributed by atoms with E-state index in [9.17, 15) is 33.6 Å². The van der Waals surface area contributed by atoms with Crippen molar-refractivity contribution in [2.75, 3.05) is 32.8 Å². The second kappa shape index (κ2) is 22.1. The second-order valence-electron chi connectivity index (χ2n) is 12.2. The number of ketones is 2. The van der Waals surface area contributed by atoms with Gasteiger partial charge in [0, 0.05) is 63.6 Å². The van der Waals surface area contributed by atoms with Crippen molar-refractivity contribution < 1.29 is 43.0 Å². The first-order valence-electron chi connectivity index (χ1n) is 16.9. The number of Topliss-reactive ketones (excluding diaryl/α,β-unsaturated/α-hetero) is 2. The van der Waals surface area contributed by atoms with E-state index in [0.29, 0.717) is 57.6 Å². The molecular weight excluding hydrogens is 634 g/mol. The minimum Gasteiger partial charge on any atom is -0.445 e. The number of unbranched alkanes of at least 4 members (excludes halogenated alkanes) is 2. The number of ether oxygens (including phenoxy) is 2. The number of carbonyl (C=O) groups is 7. The largest absolute Gasteiger partial charge is 0.445 e. The maximum Gasteiger partial charge on any atom is 0.407 e. The molecule has 1 aliphatic rings. The number of alkyl carbamates (subject to hydrolysis) is 1. The van der Waals surface area contributed by atoms with Gasteiger partial charge in [-0.05, 0) is 49.7 Å². The number of primary amides is 1. The van der Waals surface area contributed by atoms with Crippen LogP contribution in [-0.4, -0.2) is 85.2 Å². The standard InChI is InChI=1S/C35H51N5O9/c1-4-48-20-18-38-35(47)49-23-26-13-11-25(12-14-26)21-30(42)29(10-8-17-37-34(36)46)39-33(45)28(24(2)3)22-27(41)9-6-5-7-19-40-31(43)15-16-32(40)44/h11-16,24,28-29H,4-10,17-23H2,1-3H3,(H,38,47)(H,39,45)(H3,36,37,46)/t28-,29-/m0/s1. The van der Waals surface area contributed by atoms with Crippen LogP contribution >= 0.6 is 0 Å². The molecule has 270 valence electrons. The van der Waals surface area contributed by atoms with Crippen molar-refractivity contribution >= 4 is 41.4 Å². The van der Waals surface area contributed by atoms with Crippen LogP contribution in [0.4, 0.5) is 9.59 Å². The van der Waals surface area contributed by atoms with Crippen LogP contribution < -0.4 is 21.7 Å². The molecule has 2 rings (SSSR count). The Hall–Kier alpha value is -4.59. The van der Waals surface area contributed by atoms with Gasteiger partial charge in [-0.25, -0.2) is 9.59 Å². The van der Waals surface area contributed by atoms with Crippen molar-refractivity contribution in [1.29, 1.82) is 0 Å². The Morgan fingerprint density at radius 1 is 0.878 bits per heavy atom. The number of carbonyl (C=O) groups excluding carboxylic acids is 7. The number of rotatable bonds is 24. The number of nitrogens with zero attached hydrogens (tertiary/aromatic N) is 1. The molecule has 0 aliphatic carbocycles. The summed E-state index contributed by atoms with van der Waals surface area (Å²) in [6, 6.07) is 5.47. The molecule has 0 spiro atoms. The predicted molar refractivity (Wildman–Crippen MR) is 181 cm³/mol. The zero-order valence-electron chi connectivity index (χ0n) is 28.8. The van der Waals surface area contributed by atoms with Crippen molar-refractivity contribution in [3.63, 3.8) is 0 Å². The van der Waals surface area contributed by atoms with Crippen LogP contribution in [0.5, 0.6) is 0 Å². The monoisotopic (exact) mass is 685 g/mol. The van der Waals surface area contributed by atoms with Crippen molar-refractivity contribution in [3.05, 3.63) is 47.5 Å². The lowest BCUT2D eigenvalue weighted by molar-refractivity contribution is -0.137. The molecule has 14 heteroatoms. The maximum absolute atomic E-state index is 13.4. The summed E-state index contributed by atoms with van der Waals surface area (Å²) in [7, 11) is 0. The quantitative estimate of drug-likeness (QED) is 0.0932. The molecule has 6 amide bonds. The first-order chi connectivity index (χ1) is 23.4. The van der Waals surface area contributed by atoms with Gasteiger partial charge >= 0.3 is 12.1 Å². The highest BCUT2D eigenvalue weighted by Crippen LogP contribution is 2.19. The summed E-state index contributed by atoms with van der Waals surface area (Å²) in [5.41, 5.74) is 6.60. The van der Waals surface area contributed by atoms with Crippen LogP contribution in [0.15, 0.2) is 36.4 Å². The smallest absolute Gasteiger partial charge is 0.407 e. The molecule has 1 aromatic carbocycles. The first-order valence-corrected chi connectivity index (χ1v) is 16.9. The maximum atomic E-state index is 13.4. The number of hydrogen-bond donors (Lipinski definition) is 4. The molecule has 0 saturated heterocycles. The van der Waals surface area contributed by atoms with E-state index >= 15 is 0 Å². The Labute approximate surface area is 287 Å². The minimum absolute atomic E-state index is 0.0226. The Morgan fingerprint density at radius 2 is 1.55 bits per heavy atom. The number of imide groups is 1. The number of urea groups is 1. The van der Waals surface area contributed by atoms with E-state index in [1.165, 1.54) is 17.1 Å². The van der Waals surface area contributed by atoms with Gasteiger partial charge in [-0.2, -0.15) is 0 Å². The third-order valence-corrected chi connectivity index (χ3v) is 7.99. The van der Waals surface area contributed by atoms with E-state index in [-0.39, 0.29) is 68.1 Å². The molecule has 5 N–H and O–H groups in total. The molecule has 0 aromatic heterocycles. The lowest BCUT2D eigenvalue weighted by atomic mass is 9.88. The molecule has 14 nitrogen and oxygen atoms in total. The van der Waals surface area contributed by atoms with Crippen molar-refractivity contribution in [3.8, 4) is 0 Å². The highest BCUT2D eigenvalue weighted by molar-refractivity contribution is 6.12. The second-order valence-corrected chi connectivity index (χ2v) is 12.2. The fraction of sp³-hybridized carbons (Fsp3) is 0.571. The molecule has 49 heavy (non-hydrogen) atoms. The summed E-state index contributed by atoms with van der Waals surface area (Å²) >= 11 is 0. The van der Waals surface area contributed by atoms with Gasteiger partial charge in [-0.15, -0.1) is 0 Å². The van der Waals surface area contributed by atoms with Crippen molar-refractivity contribution in [2.45, 2.75) is 84.8 Å². The summed E-state index contributed by atoms with van der Waals surface area (Å²) in [4.78, 5) is 87.2. The average Bonchev–Trinajstić information content (AvgIpc) is 3.38. The average molecular weight is 686 g/mol. The van der Waals surface area contributed by atoms with E-state index in [0.717, 1.165) is 5.56 Å². The zero-order chi connectivity index (χ0) is 36.2. The molecule has 0 bridgehead atoms. The lowest BCUT2D eigenvalue weighted by Crippen LogP contribution is -2.46. The van der Waals surface area contributed by atoms with E-state index in [2.05, 4.69) is 16.0 Å². The van der Waals surface area contributed by atoms with E-state index in [1.807, 2.05) is 20.8 Å². The van der Waals surface area contributed by atoms with Crippen LogP contribution in [0, 0.1) is 11.8 Å². The highest BCUT2D eigenvalue weighted by Gasteiger charge is 2.29. The predicted octanol–water partition coefficient (Wildman–Crippen LogP) is 2.71. The summed E-state index contributed by atoms with van der Waals surface area (Å²) < 4.78 is 10.4. The van der Waals surface area contributed by atoms with E-state index in [1.54, 1.807) is 24.3 Å². The topological polar surface area (TPSA) is 203 Å². The van der Waals surface area contributed by atoms with Crippen molar-refractivity contribution in [1.82, 2.24) is 20.9 Å². The number of amides is 6. The SMILES string of the molecule is CCOCCNC(=O)OCc1ccc(CC(=O)[C@H](CCCNC(N)=O)NC(=O)[C@@H](CC(=O)CCCCCN2C(=O)C=CC2=O)C(C)C)cc1. The Kier molecular flexibility index (Phi) is 18.3. The van der Waals surface area contributed by atoms with Gasteiger partial charge in [0.2, 0.25) is 5.91 Å². The van der Waals surface area contributed by atoms with E-state index in [4.69, 9.17) is 15.2 Å². The molecule has 0 radical (unpaired) electrons. The molecule has 0 unspecified atom stereocenters. The summed E-state index contributed by atoms with van der Waals surface area (Å²) in [5.74, 6) is -2.18. The Balaban J connectivity index is 1.91. The third kappa shape index (κ3) is 15.9. The first kappa shape index (κ1) is 40.6. The van der Waals surface area contributed by atoms with Crippen LogP contribution in [-0.2, 0) is 46.5 Å². The van der Waals surface area contributed by atoms with Crippen LogP contribution in [0.25, 0.3) is 0 Å². The summed E-state index contributed by atoms with van der Waals surface area (Å²) in [6.45, 7) is 7.42. The highest BCUT2D eigenvalue weighted by atomic mass is 16.5. The third-order valence-electron chi connectivity index (χ3n) is 7.99. The molecule has 1 aliphatic heterocycles. The molecule has 1 heterocycles. The molecule has 0 saturated carbocycles. The summed E-state index contributed by atoms with van der Waals surface area (Å²) in [6.07, 6.45) is 4.67. The normalized spacial score (nSPS) is 13.7. The fourth-order valence-electron chi connectivity index (χ4n) is 5.16. The van der Waals surface area contributed by atoms with Crippen LogP contribution in [0.1, 0.15) is 76.8 Å². The number of nitrogens with two attached hydrogens (primary N) is 1. The molecular formula is C35H51N5O9. The fourth-order valence-corrected chi connectivity index (χ4v) is 5.16. The van der Waals surface area contributed by atoms with Gasteiger partial charge in [0.05, 0.1) is 12.6 Å². The summed E-state index contributed by atoms with van der Waals surface area (Å²) in [5, 5.41) is 7.94. The lowest BCUT2D eigenvalue weighted by Gasteiger charge is -2.24. The van der Waals surface area contributed by atoms with Gasteiger partial charge in [0.1, 0.15) is 12.4 Å². The van der Waals surface area contributed by atoms with Gasteiger partial charge < -0.3 is 31.2 Å². The van der Waals surface area contributed by atoms with Gasteiger partial charge in [0.15, 0.2) is 5.78 Å². The van der Waals surface area contributed by atoms with Crippen molar-refractivity contribution in [2.24, 2.45) is 17.6 Å². The molecule has 0 fully saturated rings. The van der Waals surface area contributed by atoms with Gasteiger partial charge in [-0.1, -0.05) is 44.5 Å².